The molecular formula is C12H19N5O2. The highest BCUT2D eigenvalue weighted by Crippen LogP contribution is 2.17. The van der Waals surface area contributed by atoms with Crippen molar-refractivity contribution in [2.75, 3.05) is 23.8 Å². The molecule has 2 aromatic rings. The summed E-state index contributed by atoms with van der Waals surface area (Å²) in [6.45, 7) is 2.24. The Labute approximate surface area is 111 Å². The Hall–Kier alpha value is -2.41. The van der Waals surface area contributed by atoms with Crippen molar-refractivity contribution in [1.29, 1.82) is 0 Å². The fourth-order valence-electron chi connectivity index (χ4n) is 1.31. The van der Waals surface area contributed by atoms with Crippen molar-refractivity contribution in [3.63, 3.8) is 0 Å². The number of nitrogens with two attached hydrogens (primary N) is 3. The van der Waals surface area contributed by atoms with Gasteiger partial charge in [0.1, 0.15) is 11.6 Å². The second-order valence-corrected chi connectivity index (χ2v) is 3.98. The fourth-order valence-corrected chi connectivity index (χ4v) is 1.31. The van der Waals surface area contributed by atoms with Gasteiger partial charge in [-0.2, -0.15) is 5.10 Å². The molecule has 0 fully saturated rings. The van der Waals surface area contributed by atoms with Crippen LogP contribution in [-0.4, -0.2) is 26.6 Å². The molecule has 7 nitrogen and oxygen atoms in total. The summed E-state index contributed by atoms with van der Waals surface area (Å²) in [6, 6.07) is 5.08. The summed E-state index contributed by atoms with van der Waals surface area (Å²) in [5.74, 6) is 0.670. The number of nitrogen functional groups attached to an aromatic ring is 3. The van der Waals surface area contributed by atoms with Gasteiger partial charge in [-0.15, -0.1) is 0 Å². The van der Waals surface area contributed by atoms with Gasteiger partial charge in [-0.3, -0.25) is 0 Å². The predicted molar refractivity (Wildman–Crippen MR) is 75.4 cm³/mol. The summed E-state index contributed by atoms with van der Waals surface area (Å²) in [7, 11) is 0. The lowest BCUT2D eigenvalue weighted by molar-refractivity contribution is 0.270. The number of rotatable bonds is 2. The van der Waals surface area contributed by atoms with Crippen molar-refractivity contribution in [1.82, 2.24) is 9.78 Å². The van der Waals surface area contributed by atoms with Gasteiger partial charge >= 0.3 is 0 Å². The molecule has 1 aromatic heterocycles. The van der Waals surface area contributed by atoms with Crippen molar-refractivity contribution in [3.05, 3.63) is 30.0 Å². The van der Waals surface area contributed by atoms with Crippen LogP contribution in [0.15, 0.2) is 24.4 Å². The molecule has 19 heavy (non-hydrogen) atoms. The van der Waals surface area contributed by atoms with Crippen LogP contribution in [0.4, 0.5) is 17.2 Å². The van der Waals surface area contributed by atoms with Crippen LogP contribution in [-0.2, 0) is 6.54 Å². The minimum Gasteiger partial charge on any atom is -0.508 e. The van der Waals surface area contributed by atoms with E-state index in [0.29, 0.717) is 23.7 Å². The third-order valence-electron chi connectivity index (χ3n) is 2.46. The Bertz CT molecular complexity index is 539. The average molecular weight is 265 g/mol. The SMILES string of the molecule is Cc1ccc(N)cc1O.Nc1cnn(CCO)c1N. The molecule has 0 bridgehead atoms. The van der Waals surface area contributed by atoms with Crippen molar-refractivity contribution in [2.45, 2.75) is 13.5 Å². The first kappa shape index (κ1) is 14.7. The Kier molecular flexibility index (Phi) is 5.01. The van der Waals surface area contributed by atoms with Crippen molar-refractivity contribution in [2.24, 2.45) is 0 Å². The van der Waals surface area contributed by atoms with E-state index in [1.54, 1.807) is 12.1 Å². The summed E-state index contributed by atoms with van der Waals surface area (Å²) in [6.07, 6.45) is 1.46. The maximum atomic E-state index is 9.02. The highest BCUT2D eigenvalue weighted by atomic mass is 16.3. The van der Waals surface area contributed by atoms with Crippen molar-refractivity contribution in [3.8, 4) is 5.75 Å². The van der Waals surface area contributed by atoms with E-state index in [1.165, 1.54) is 16.9 Å². The molecule has 0 aliphatic heterocycles. The first-order valence-electron chi connectivity index (χ1n) is 5.68. The minimum atomic E-state index is 0.0192. The van der Waals surface area contributed by atoms with E-state index in [1.807, 2.05) is 6.92 Å². The van der Waals surface area contributed by atoms with Crippen LogP contribution in [0.1, 0.15) is 5.56 Å². The summed E-state index contributed by atoms with van der Waals surface area (Å²) in [5, 5.41) is 21.3. The number of nitrogens with zero attached hydrogens (tertiary/aromatic N) is 2. The van der Waals surface area contributed by atoms with Gasteiger partial charge in [-0.05, 0) is 18.6 Å². The average Bonchev–Trinajstić information content (AvgIpc) is 2.68. The van der Waals surface area contributed by atoms with Crippen LogP contribution >= 0.6 is 0 Å². The first-order valence-corrected chi connectivity index (χ1v) is 5.68. The molecule has 104 valence electrons. The van der Waals surface area contributed by atoms with E-state index in [-0.39, 0.29) is 12.4 Å². The van der Waals surface area contributed by atoms with E-state index in [2.05, 4.69) is 5.10 Å². The van der Waals surface area contributed by atoms with Gasteiger partial charge in [0.2, 0.25) is 0 Å². The summed E-state index contributed by atoms with van der Waals surface area (Å²) in [4.78, 5) is 0. The first-order chi connectivity index (χ1) is 8.95. The van der Waals surface area contributed by atoms with E-state index >= 15 is 0 Å². The lowest BCUT2D eigenvalue weighted by atomic mass is 10.2. The standard InChI is InChI=1S/C7H9NO.C5H10N4O/c1-5-2-3-6(8)4-7(5)9;6-4-3-8-9(1-2-10)5(4)7/h2-4,9H,8H2,1H3;3,10H,1-2,6-7H2. The molecule has 1 aromatic carbocycles. The third-order valence-corrected chi connectivity index (χ3v) is 2.46. The Morgan fingerprint density at radius 1 is 1.26 bits per heavy atom. The van der Waals surface area contributed by atoms with Gasteiger partial charge in [-0.25, -0.2) is 4.68 Å². The topological polar surface area (TPSA) is 136 Å². The number of phenols is 1. The summed E-state index contributed by atoms with van der Waals surface area (Å²) < 4.78 is 1.45. The number of benzene rings is 1. The molecule has 8 N–H and O–H groups in total. The second kappa shape index (κ2) is 6.50. The predicted octanol–water partition coefficient (Wildman–Crippen LogP) is 0.323. The molecule has 0 spiro atoms. The van der Waals surface area contributed by atoms with E-state index in [4.69, 9.17) is 27.4 Å². The maximum absolute atomic E-state index is 9.02. The number of phenolic OH excluding ortho intramolecular Hbond substituents is 1. The van der Waals surface area contributed by atoms with E-state index < -0.39 is 0 Å². The third kappa shape index (κ3) is 4.07. The molecule has 7 heteroatoms. The van der Waals surface area contributed by atoms with Gasteiger partial charge < -0.3 is 27.4 Å². The van der Waals surface area contributed by atoms with Crippen LogP contribution < -0.4 is 17.2 Å². The van der Waals surface area contributed by atoms with Crippen LogP contribution in [0.2, 0.25) is 0 Å². The van der Waals surface area contributed by atoms with Crippen LogP contribution in [0.25, 0.3) is 0 Å². The number of anilines is 3. The number of aliphatic hydroxyl groups is 1. The van der Waals surface area contributed by atoms with Crippen molar-refractivity contribution < 1.29 is 10.2 Å². The van der Waals surface area contributed by atoms with Gasteiger partial charge in [0.05, 0.1) is 25.0 Å². The quantitative estimate of drug-likeness (QED) is 0.496. The minimum absolute atomic E-state index is 0.0192. The number of aliphatic hydroxyl groups excluding tert-OH is 1. The zero-order chi connectivity index (χ0) is 14.4. The van der Waals surface area contributed by atoms with Gasteiger partial charge in [0, 0.05) is 11.8 Å². The second-order valence-electron chi connectivity index (χ2n) is 3.98. The van der Waals surface area contributed by atoms with E-state index in [0.717, 1.165) is 5.56 Å². The molecule has 2 rings (SSSR count). The molecular weight excluding hydrogens is 246 g/mol. The number of hydrogen-bond donors (Lipinski definition) is 5. The lowest BCUT2D eigenvalue weighted by Gasteiger charge is -1.99. The van der Waals surface area contributed by atoms with Gasteiger partial charge in [-0.1, -0.05) is 6.07 Å². The summed E-state index contributed by atoms with van der Waals surface area (Å²) in [5.41, 5.74) is 18.1. The Morgan fingerprint density at radius 3 is 2.37 bits per heavy atom. The molecule has 0 unspecified atom stereocenters. The van der Waals surface area contributed by atoms with E-state index in [9.17, 15) is 0 Å². The zero-order valence-electron chi connectivity index (χ0n) is 10.7. The van der Waals surface area contributed by atoms with Gasteiger partial charge in [0.15, 0.2) is 0 Å². The Balaban J connectivity index is 0.000000191. The molecule has 0 radical (unpaired) electrons. The Morgan fingerprint density at radius 2 is 1.95 bits per heavy atom. The fraction of sp³-hybridized carbons (Fsp3) is 0.250. The van der Waals surface area contributed by atoms with Crippen molar-refractivity contribution >= 4 is 17.2 Å². The normalized spacial score (nSPS) is 9.79. The zero-order valence-corrected chi connectivity index (χ0v) is 10.7. The van der Waals surface area contributed by atoms with Crippen LogP contribution in [0.3, 0.4) is 0 Å². The smallest absolute Gasteiger partial charge is 0.145 e. The maximum Gasteiger partial charge on any atom is 0.145 e. The lowest BCUT2D eigenvalue weighted by Crippen LogP contribution is -2.07. The number of hydrogen-bond acceptors (Lipinski definition) is 6. The molecule has 0 atom stereocenters. The largest absolute Gasteiger partial charge is 0.508 e. The molecule has 0 aliphatic rings. The molecule has 0 aliphatic carbocycles. The molecule has 0 saturated carbocycles. The number of aromatic nitrogens is 2. The monoisotopic (exact) mass is 265 g/mol. The number of aromatic hydroxyl groups is 1. The van der Waals surface area contributed by atoms with Crippen LogP contribution in [0, 0.1) is 6.92 Å². The molecule has 1 heterocycles. The molecule has 0 saturated heterocycles. The van der Waals surface area contributed by atoms with Gasteiger partial charge in [0.25, 0.3) is 0 Å². The summed E-state index contributed by atoms with van der Waals surface area (Å²) >= 11 is 0. The molecule has 0 amide bonds. The highest BCUT2D eigenvalue weighted by Gasteiger charge is 2.00. The van der Waals surface area contributed by atoms with Crippen LogP contribution in [0.5, 0.6) is 5.75 Å². The highest BCUT2D eigenvalue weighted by molar-refractivity contribution is 5.56. The number of aryl methyl sites for hydroxylation is 1.